The number of aliphatic imine (C=N–C) groups is 2. The molecule has 3 nitrogen and oxygen atoms in total. The van der Waals surface area contributed by atoms with E-state index in [1.807, 2.05) is 36.4 Å². The Kier molecular flexibility index (Phi) is 5.40. The lowest BCUT2D eigenvalue weighted by Crippen LogP contribution is -2.38. The lowest BCUT2D eigenvalue weighted by Gasteiger charge is -2.35. The van der Waals surface area contributed by atoms with Crippen molar-refractivity contribution in [3.05, 3.63) is 144 Å². The van der Waals surface area contributed by atoms with Crippen molar-refractivity contribution in [2.24, 2.45) is 9.98 Å². The number of amidine groups is 2. The fraction of sp³-hybridized carbons (Fsp3) is 0.0714. The molecule has 1 heterocycles. The Labute approximate surface area is 183 Å². The number of nitrogens with zero attached hydrogens (tertiary/aromatic N) is 3. The summed E-state index contributed by atoms with van der Waals surface area (Å²) in [7, 11) is 0. The fourth-order valence-corrected chi connectivity index (χ4v) is 3.86. The van der Waals surface area contributed by atoms with Gasteiger partial charge in [-0.15, -0.1) is 0 Å². The van der Waals surface area contributed by atoms with Gasteiger partial charge in [0.05, 0.1) is 0 Å². The van der Waals surface area contributed by atoms with Gasteiger partial charge in [0.1, 0.15) is 5.84 Å². The highest BCUT2D eigenvalue weighted by molar-refractivity contribution is 6.12. The van der Waals surface area contributed by atoms with Crippen LogP contribution in [0.1, 0.15) is 28.4 Å². The van der Waals surface area contributed by atoms with Crippen LogP contribution in [0.5, 0.6) is 0 Å². The first-order valence-electron chi connectivity index (χ1n) is 10.5. The second-order valence-electron chi connectivity index (χ2n) is 7.52. The summed E-state index contributed by atoms with van der Waals surface area (Å²) >= 11 is 0. The second-order valence-corrected chi connectivity index (χ2v) is 7.52. The van der Waals surface area contributed by atoms with Crippen molar-refractivity contribution in [3.63, 3.8) is 0 Å². The third-order valence-electron chi connectivity index (χ3n) is 5.38. The third-order valence-corrected chi connectivity index (χ3v) is 5.38. The summed E-state index contributed by atoms with van der Waals surface area (Å²) < 4.78 is 0. The number of hydrogen-bond acceptors (Lipinski definition) is 3. The number of hydrogen-bond donors (Lipinski definition) is 0. The molecule has 0 amide bonds. The van der Waals surface area contributed by atoms with Crippen molar-refractivity contribution >= 4 is 11.7 Å². The Morgan fingerprint density at radius 1 is 0.581 bits per heavy atom. The Hall–Kier alpha value is -3.98. The average Bonchev–Trinajstić information content (AvgIpc) is 2.86. The summed E-state index contributed by atoms with van der Waals surface area (Å²) in [5, 5.41) is 0. The van der Waals surface area contributed by atoms with Crippen LogP contribution in [0.2, 0.25) is 0 Å². The highest BCUT2D eigenvalue weighted by Gasteiger charge is 2.29. The van der Waals surface area contributed by atoms with Gasteiger partial charge in [0, 0.05) is 17.7 Å². The van der Waals surface area contributed by atoms with Crippen molar-refractivity contribution in [3.8, 4) is 0 Å². The molecule has 0 saturated carbocycles. The van der Waals surface area contributed by atoms with E-state index in [0.29, 0.717) is 0 Å². The highest BCUT2D eigenvalue weighted by Crippen LogP contribution is 2.31. The van der Waals surface area contributed by atoms with Gasteiger partial charge < -0.3 is 4.90 Å². The lowest BCUT2D eigenvalue weighted by atomic mass is 10.1. The number of benzene rings is 4. The molecule has 0 radical (unpaired) electrons. The molecule has 1 unspecified atom stereocenters. The van der Waals surface area contributed by atoms with E-state index in [1.54, 1.807) is 0 Å². The van der Waals surface area contributed by atoms with E-state index in [-0.39, 0.29) is 6.17 Å². The maximum atomic E-state index is 5.13. The van der Waals surface area contributed by atoms with E-state index < -0.39 is 0 Å². The lowest BCUT2D eigenvalue weighted by molar-refractivity contribution is 0.314. The summed E-state index contributed by atoms with van der Waals surface area (Å²) in [5.41, 5.74) is 4.49. The van der Waals surface area contributed by atoms with Gasteiger partial charge in [-0.3, -0.25) is 0 Å². The standard InChI is InChI=1S/C28H23N3/c1-5-13-22(14-6-1)21-31-27(24-17-9-3-10-18-24)29-26(23-15-7-2-8-16-23)30-28(31)25-19-11-4-12-20-25/h1-20,27H,21H2. The van der Waals surface area contributed by atoms with Crippen molar-refractivity contribution in [2.45, 2.75) is 12.7 Å². The Morgan fingerprint density at radius 3 is 1.71 bits per heavy atom. The van der Waals surface area contributed by atoms with Gasteiger partial charge in [-0.1, -0.05) is 121 Å². The minimum absolute atomic E-state index is 0.163. The molecule has 1 atom stereocenters. The van der Waals surface area contributed by atoms with Gasteiger partial charge in [-0.05, 0) is 11.1 Å². The SMILES string of the molecule is c1ccc(CN2C(c3ccccc3)=NC(c3ccccc3)=NC2c2ccccc2)cc1. The first-order chi connectivity index (χ1) is 15.4. The van der Waals surface area contributed by atoms with Crippen molar-refractivity contribution in [1.29, 1.82) is 0 Å². The van der Waals surface area contributed by atoms with E-state index in [0.717, 1.165) is 34.9 Å². The molecule has 1 aliphatic rings. The van der Waals surface area contributed by atoms with Crippen LogP contribution in [0.4, 0.5) is 0 Å². The normalized spacial score (nSPS) is 15.9. The molecule has 0 bridgehead atoms. The molecule has 3 heteroatoms. The van der Waals surface area contributed by atoms with Crippen LogP contribution in [0.15, 0.2) is 131 Å². The number of rotatable bonds is 5. The van der Waals surface area contributed by atoms with E-state index in [1.165, 1.54) is 5.56 Å². The van der Waals surface area contributed by atoms with Gasteiger partial charge in [0.2, 0.25) is 0 Å². The van der Waals surface area contributed by atoms with Gasteiger partial charge in [-0.25, -0.2) is 9.98 Å². The summed E-state index contributed by atoms with van der Waals surface area (Å²) in [6.07, 6.45) is -0.163. The summed E-state index contributed by atoms with van der Waals surface area (Å²) in [5.74, 6) is 1.70. The van der Waals surface area contributed by atoms with E-state index in [9.17, 15) is 0 Å². The zero-order valence-electron chi connectivity index (χ0n) is 17.2. The molecule has 5 rings (SSSR count). The predicted molar refractivity (Wildman–Crippen MR) is 127 cm³/mol. The molecular formula is C28H23N3. The average molecular weight is 402 g/mol. The van der Waals surface area contributed by atoms with Crippen molar-refractivity contribution < 1.29 is 0 Å². The van der Waals surface area contributed by atoms with Crippen LogP contribution in [-0.4, -0.2) is 16.6 Å². The zero-order chi connectivity index (χ0) is 20.9. The van der Waals surface area contributed by atoms with Gasteiger partial charge >= 0.3 is 0 Å². The molecule has 4 aromatic carbocycles. The smallest absolute Gasteiger partial charge is 0.159 e. The van der Waals surface area contributed by atoms with Crippen LogP contribution < -0.4 is 0 Å². The van der Waals surface area contributed by atoms with E-state index in [2.05, 4.69) is 89.8 Å². The van der Waals surface area contributed by atoms with E-state index in [4.69, 9.17) is 9.98 Å². The topological polar surface area (TPSA) is 28.0 Å². The summed E-state index contributed by atoms with van der Waals surface area (Å²) in [4.78, 5) is 12.5. The molecule has 1 aliphatic heterocycles. The predicted octanol–water partition coefficient (Wildman–Crippen LogP) is 6.09. The molecule has 0 spiro atoms. The molecule has 31 heavy (non-hydrogen) atoms. The maximum Gasteiger partial charge on any atom is 0.159 e. The van der Waals surface area contributed by atoms with Crippen LogP contribution >= 0.6 is 0 Å². The molecule has 0 aromatic heterocycles. The molecule has 0 fully saturated rings. The second kappa shape index (κ2) is 8.80. The minimum atomic E-state index is -0.163. The Morgan fingerprint density at radius 2 is 1.10 bits per heavy atom. The minimum Gasteiger partial charge on any atom is -0.326 e. The zero-order valence-corrected chi connectivity index (χ0v) is 17.2. The maximum absolute atomic E-state index is 5.13. The van der Waals surface area contributed by atoms with Gasteiger partial charge in [-0.2, -0.15) is 0 Å². The van der Waals surface area contributed by atoms with Gasteiger partial charge in [0.25, 0.3) is 0 Å². The molecule has 4 aromatic rings. The first-order valence-corrected chi connectivity index (χ1v) is 10.5. The molecule has 0 saturated heterocycles. The third kappa shape index (κ3) is 4.17. The van der Waals surface area contributed by atoms with Crippen molar-refractivity contribution in [1.82, 2.24) is 4.90 Å². The van der Waals surface area contributed by atoms with E-state index >= 15 is 0 Å². The first kappa shape index (κ1) is 19.0. The summed E-state index contributed by atoms with van der Waals surface area (Å²) in [6, 6.07) is 41.6. The quantitative estimate of drug-likeness (QED) is 0.397. The Bertz CT molecular complexity index is 1180. The van der Waals surface area contributed by atoms with Crippen LogP contribution in [0.3, 0.4) is 0 Å². The highest BCUT2D eigenvalue weighted by atomic mass is 15.3. The van der Waals surface area contributed by atoms with Crippen LogP contribution in [0, 0.1) is 0 Å². The van der Waals surface area contributed by atoms with Crippen molar-refractivity contribution in [2.75, 3.05) is 0 Å². The van der Waals surface area contributed by atoms with Gasteiger partial charge in [0.15, 0.2) is 12.0 Å². The molecule has 0 aliphatic carbocycles. The molecule has 150 valence electrons. The molecule has 0 N–H and O–H groups in total. The Balaban J connectivity index is 1.67. The van der Waals surface area contributed by atoms with Crippen LogP contribution in [0.25, 0.3) is 0 Å². The summed E-state index contributed by atoms with van der Waals surface area (Å²) in [6.45, 7) is 0.722. The van der Waals surface area contributed by atoms with Crippen LogP contribution in [-0.2, 0) is 6.54 Å². The largest absolute Gasteiger partial charge is 0.326 e. The molecular weight excluding hydrogens is 378 g/mol. The monoisotopic (exact) mass is 401 g/mol. The fourth-order valence-electron chi connectivity index (χ4n) is 3.86.